The third-order valence-electron chi connectivity index (χ3n) is 1.90. The van der Waals surface area contributed by atoms with E-state index >= 15 is 0 Å². The van der Waals surface area contributed by atoms with Gasteiger partial charge in [0.1, 0.15) is 5.75 Å². The van der Waals surface area contributed by atoms with Gasteiger partial charge in [-0.15, -0.1) is 5.92 Å². The molecule has 1 aromatic carbocycles. The molecule has 74 valence electrons. The van der Waals surface area contributed by atoms with Crippen molar-refractivity contribution >= 4 is 0 Å². The van der Waals surface area contributed by atoms with Gasteiger partial charge in [0.15, 0.2) is 0 Å². The van der Waals surface area contributed by atoms with Gasteiger partial charge in [0.2, 0.25) is 0 Å². The van der Waals surface area contributed by atoms with Crippen LogP contribution in [0.1, 0.15) is 12.0 Å². The van der Waals surface area contributed by atoms with Crippen LogP contribution >= 0.6 is 0 Å². The zero-order valence-electron chi connectivity index (χ0n) is 8.42. The van der Waals surface area contributed by atoms with Crippen molar-refractivity contribution in [2.75, 3.05) is 13.7 Å². The molecule has 1 aromatic rings. The quantitative estimate of drug-likeness (QED) is 0.733. The highest BCUT2D eigenvalue weighted by atomic mass is 16.5. The normalized spacial score (nSPS) is 9.00. The third kappa shape index (κ3) is 3.51. The summed E-state index contributed by atoms with van der Waals surface area (Å²) in [6.07, 6.45) is 1.80. The molecule has 0 spiro atoms. The van der Waals surface area contributed by atoms with Gasteiger partial charge in [-0.1, -0.05) is 18.1 Å². The predicted molar refractivity (Wildman–Crippen MR) is 58.1 cm³/mol. The van der Waals surface area contributed by atoms with Gasteiger partial charge < -0.3 is 10.5 Å². The number of methoxy groups -OCH3 is 1. The van der Waals surface area contributed by atoms with Crippen LogP contribution in [0.15, 0.2) is 24.3 Å². The van der Waals surface area contributed by atoms with Crippen molar-refractivity contribution in [3.63, 3.8) is 0 Å². The number of benzene rings is 1. The Labute approximate surface area is 85.1 Å². The van der Waals surface area contributed by atoms with Gasteiger partial charge in [-0.2, -0.15) is 0 Å². The Morgan fingerprint density at radius 1 is 1.36 bits per heavy atom. The smallest absolute Gasteiger partial charge is 0.119 e. The fourth-order valence-corrected chi connectivity index (χ4v) is 1.20. The summed E-state index contributed by atoms with van der Waals surface area (Å²) in [6, 6.07) is 8.04. The number of ether oxygens (including phenoxy) is 1. The maximum absolute atomic E-state index is 5.26. The van der Waals surface area contributed by atoms with E-state index in [9.17, 15) is 0 Å². The van der Waals surface area contributed by atoms with Crippen LogP contribution in [-0.2, 0) is 6.42 Å². The molecule has 0 heterocycles. The SMILES string of the molecule is COc1cccc(CCC#CCN)c1. The Hall–Kier alpha value is -1.46. The molecule has 1 rings (SSSR count). The number of rotatable bonds is 3. The molecule has 0 aliphatic rings. The van der Waals surface area contributed by atoms with Crippen LogP contribution < -0.4 is 10.5 Å². The van der Waals surface area contributed by atoms with Crippen LogP contribution in [-0.4, -0.2) is 13.7 Å². The van der Waals surface area contributed by atoms with Crippen LogP contribution in [0, 0.1) is 11.8 Å². The lowest BCUT2D eigenvalue weighted by molar-refractivity contribution is 0.414. The van der Waals surface area contributed by atoms with E-state index in [4.69, 9.17) is 10.5 Å². The topological polar surface area (TPSA) is 35.2 Å². The molecule has 2 nitrogen and oxygen atoms in total. The van der Waals surface area contributed by atoms with Crippen LogP contribution in [0.3, 0.4) is 0 Å². The molecule has 0 atom stereocenters. The van der Waals surface area contributed by atoms with Gasteiger partial charge in [-0.25, -0.2) is 0 Å². The summed E-state index contributed by atoms with van der Waals surface area (Å²) in [7, 11) is 1.67. The second-order valence-electron chi connectivity index (χ2n) is 2.91. The van der Waals surface area contributed by atoms with Gasteiger partial charge in [-0.05, 0) is 24.1 Å². The summed E-state index contributed by atoms with van der Waals surface area (Å²) in [6.45, 7) is 0.443. The largest absolute Gasteiger partial charge is 0.497 e. The molecule has 0 aromatic heterocycles. The Morgan fingerprint density at radius 3 is 2.93 bits per heavy atom. The summed E-state index contributed by atoms with van der Waals surface area (Å²) >= 11 is 0. The van der Waals surface area contributed by atoms with Gasteiger partial charge in [-0.3, -0.25) is 0 Å². The van der Waals surface area contributed by atoms with E-state index in [1.807, 2.05) is 18.2 Å². The first-order chi connectivity index (χ1) is 6.86. The lowest BCUT2D eigenvalue weighted by Crippen LogP contribution is -1.93. The van der Waals surface area contributed by atoms with Gasteiger partial charge in [0.05, 0.1) is 13.7 Å². The van der Waals surface area contributed by atoms with Crippen molar-refractivity contribution in [3.8, 4) is 17.6 Å². The van der Waals surface area contributed by atoms with E-state index in [1.165, 1.54) is 5.56 Å². The Balaban J connectivity index is 2.50. The molecule has 0 bridgehead atoms. The number of hydrogen-bond acceptors (Lipinski definition) is 2. The molecule has 14 heavy (non-hydrogen) atoms. The maximum atomic E-state index is 5.26. The number of hydrogen-bond donors (Lipinski definition) is 1. The first-order valence-electron chi connectivity index (χ1n) is 4.65. The molecule has 0 radical (unpaired) electrons. The van der Waals surface area contributed by atoms with Crippen molar-refractivity contribution in [3.05, 3.63) is 29.8 Å². The van der Waals surface area contributed by atoms with E-state index in [0.29, 0.717) is 6.54 Å². The average molecular weight is 189 g/mol. The molecule has 2 N–H and O–H groups in total. The fourth-order valence-electron chi connectivity index (χ4n) is 1.20. The summed E-state index contributed by atoms with van der Waals surface area (Å²) in [5.74, 6) is 6.75. The minimum atomic E-state index is 0.443. The van der Waals surface area contributed by atoms with E-state index in [0.717, 1.165) is 18.6 Å². The van der Waals surface area contributed by atoms with Crippen molar-refractivity contribution in [2.24, 2.45) is 5.73 Å². The molecular weight excluding hydrogens is 174 g/mol. The van der Waals surface area contributed by atoms with Crippen LogP contribution in [0.5, 0.6) is 5.75 Å². The summed E-state index contributed by atoms with van der Waals surface area (Å²) in [4.78, 5) is 0. The number of nitrogens with two attached hydrogens (primary N) is 1. The molecular formula is C12H15NO. The minimum Gasteiger partial charge on any atom is -0.497 e. The van der Waals surface area contributed by atoms with E-state index in [1.54, 1.807) is 7.11 Å². The molecule has 0 aliphatic carbocycles. The fraction of sp³-hybridized carbons (Fsp3) is 0.333. The zero-order chi connectivity index (χ0) is 10.2. The van der Waals surface area contributed by atoms with Gasteiger partial charge in [0, 0.05) is 6.42 Å². The molecule has 0 fully saturated rings. The standard InChI is InChI=1S/C12H15NO/c1-14-12-8-5-7-11(10-12)6-3-2-4-9-13/h5,7-8,10H,3,6,9,13H2,1H3. The Kier molecular flexibility index (Phi) is 4.60. The van der Waals surface area contributed by atoms with Crippen molar-refractivity contribution in [1.82, 2.24) is 0 Å². The molecule has 2 heteroatoms. The summed E-state index contributed by atoms with van der Waals surface area (Å²) < 4.78 is 5.13. The van der Waals surface area contributed by atoms with Crippen molar-refractivity contribution in [1.29, 1.82) is 0 Å². The van der Waals surface area contributed by atoms with Crippen LogP contribution in [0.2, 0.25) is 0 Å². The van der Waals surface area contributed by atoms with Crippen LogP contribution in [0.4, 0.5) is 0 Å². The monoisotopic (exact) mass is 189 g/mol. The highest BCUT2D eigenvalue weighted by Crippen LogP contribution is 2.13. The molecule has 0 unspecified atom stereocenters. The minimum absolute atomic E-state index is 0.443. The molecule has 0 saturated heterocycles. The second-order valence-corrected chi connectivity index (χ2v) is 2.91. The Bertz CT molecular complexity index is 336. The molecule has 0 amide bonds. The summed E-state index contributed by atoms with van der Waals surface area (Å²) in [5, 5.41) is 0. The third-order valence-corrected chi connectivity index (χ3v) is 1.90. The summed E-state index contributed by atoms with van der Waals surface area (Å²) in [5.41, 5.74) is 6.51. The molecule has 0 aliphatic heterocycles. The second kappa shape index (κ2) is 6.06. The predicted octanol–water partition coefficient (Wildman–Crippen LogP) is 1.59. The van der Waals surface area contributed by atoms with E-state index < -0.39 is 0 Å². The van der Waals surface area contributed by atoms with Gasteiger partial charge >= 0.3 is 0 Å². The highest BCUT2D eigenvalue weighted by Gasteiger charge is 1.93. The number of aryl methyl sites for hydroxylation is 1. The van der Waals surface area contributed by atoms with Crippen molar-refractivity contribution < 1.29 is 4.74 Å². The lowest BCUT2D eigenvalue weighted by atomic mass is 10.1. The van der Waals surface area contributed by atoms with E-state index in [2.05, 4.69) is 17.9 Å². The first-order valence-corrected chi connectivity index (χ1v) is 4.65. The van der Waals surface area contributed by atoms with Crippen molar-refractivity contribution in [2.45, 2.75) is 12.8 Å². The maximum Gasteiger partial charge on any atom is 0.119 e. The molecule has 0 saturated carbocycles. The van der Waals surface area contributed by atoms with Crippen LogP contribution in [0.25, 0.3) is 0 Å². The first kappa shape index (κ1) is 10.6. The van der Waals surface area contributed by atoms with E-state index in [-0.39, 0.29) is 0 Å². The highest BCUT2D eigenvalue weighted by molar-refractivity contribution is 5.28. The lowest BCUT2D eigenvalue weighted by Gasteiger charge is -2.01. The van der Waals surface area contributed by atoms with Gasteiger partial charge in [0.25, 0.3) is 0 Å². The Morgan fingerprint density at radius 2 is 2.21 bits per heavy atom. The average Bonchev–Trinajstić information content (AvgIpc) is 2.25. The zero-order valence-corrected chi connectivity index (χ0v) is 8.42.